The summed E-state index contributed by atoms with van der Waals surface area (Å²) in [6, 6.07) is 0. The zero-order valence-corrected chi connectivity index (χ0v) is 16.0. The van der Waals surface area contributed by atoms with Crippen molar-refractivity contribution in [2.24, 2.45) is 0 Å². The van der Waals surface area contributed by atoms with E-state index in [-0.39, 0.29) is 45.8 Å². The van der Waals surface area contributed by atoms with Crippen molar-refractivity contribution >= 4 is 21.2 Å². The first-order valence-electron chi connectivity index (χ1n) is 7.59. The Morgan fingerprint density at radius 3 is 1.26 bits per heavy atom. The summed E-state index contributed by atoms with van der Waals surface area (Å²) in [5.74, 6) is -1.08. The van der Waals surface area contributed by atoms with Crippen LogP contribution in [-0.4, -0.2) is 105 Å². The first-order chi connectivity index (χ1) is 12.7. The third-order valence-corrected chi connectivity index (χ3v) is 6.29. The van der Waals surface area contributed by atoms with E-state index in [1.165, 1.54) is 14.7 Å². The van der Waals surface area contributed by atoms with E-state index in [2.05, 4.69) is 18.7 Å². The maximum atomic E-state index is 11.9. The van der Waals surface area contributed by atoms with Gasteiger partial charge in [0.1, 0.15) is 12.6 Å². The number of aliphatic carboxylic acids is 1. The second-order valence-electron chi connectivity index (χ2n) is 5.74. The number of carboxylic acids is 1. The molecule has 0 aliphatic carbocycles. The van der Waals surface area contributed by atoms with Gasteiger partial charge >= 0.3 is 21.2 Å². The van der Waals surface area contributed by atoms with Crippen LogP contribution in [0.25, 0.3) is 0 Å². The lowest BCUT2D eigenvalue weighted by atomic mass is 10.4. The number of hydrogen-bond acceptors (Lipinski definition) is 14. The summed E-state index contributed by atoms with van der Waals surface area (Å²) in [4.78, 5) is 15.4. The smallest absolute Gasteiger partial charge is 0.397 e. The fourth-order valence-corrected chi connectivity index (χ4v) is 4.25. The normalized spacial score (nSPS) is 19.4. The zero-order chi connectivity index (χ0) is 20.5. The molecule has 0 atom stereocenters. The maximum Gasteiger partial charge on any atom is 0.397 e. The lowest BCUT2D eigenvalue weighted by Gasteiger charge is -2.27. The molecule has 0 unspecified atom stereocenters. The van der Waals surface area contributed by atoms with Gasteiger partial charge in [-0.3, -0.25) is 28.6 Å². The van der Waals surface area contributed by atoms with Crippen molar-refractivity contribution in [1.82, 2.24) is 14.7 Å². The van der Waals surface area contributed by atoms with E-state index in [4.69, 9.17) is 26.1 Å². The van der Waals surface area contributed by atoms with E-state index in [0.717, 1.165) is 0 Å². The summed E-state index contributed by atoms with van der Waals surface area (Å²) in [6.45, 7) is 0.772. The minimum absolute atomic E-state index is 0.133. The highest BCUT2D eigenvalue weighted by Crippen LogP contribution is 2.47. The van der Waals surface area contributed by atoms with Gasteiger partial charge in [0.05, 0.1) is 6.54 Å². The van der Waals surface area contributed by atoms with Gasteiger partial charge in [-0.15, -0.1) is 18.7 Å². The molecule has 1 saturated heterocycles. The Balaban J connectivity index is 2.91. The third-order valence-electron chi connectivity index (χ3n) is 3.80. The van der Waals surface area contributed by atoms with Crippen molar-refractivity contribution in [3.05, 3.63) is 0 Å². The molecule has 1 aliphatic rings. The largest absolute Gasteiger partial charge is 0.480 e. The molecule has 1 rings (SSSR count). The molecule has 0 saturated carbocycles. The van der Waals surface area contributed by atoms with Crippen LogP contribution in [-0.2, 0) is 32.6 Å². The van der Waals surface area contributed by atoms with Gasteiger partial charge in [-0.05, 0) is 0 Å². The molecule has 5 N–H and O–H groups in total. The van der Waals surface area contributed by atoms with E-state index < -0.39 is 33.7 Å². The highest BCUT2D eigenvalue weighted by Gasteiger charge is 2.32. The average Bonchev–Trinajstić information content (AvgIpc) is 2.73. The highest BCUT2D eigenvalue weighted by atomic mass is 31.2. The fraction of sp³-hybridized carbons (Fsp3) is 0.900. The molecule has 0 aromatic rings. The van der Waals surface area contributed by atoms with E-state index in [9.17, 15) is 13.9 Å². The van der Waals surface area contributed by atoms with Crippen molar-refractivity contribution in [3.63, 3.8) is 0 Å². The molecule has 0 amide bonds. The van der Waals surface area contributed by atoms with Crippen LogP contribution in [0, 0.1) is 0 Å². The molecule has 0 aromatic heterocycles. The first kappa shape index (κ1) is 24.5. The van der Waals surface area contributed by atoms with Crippen LogP contribution in [0.5, 0.6) is 0 Å². The second-order valence-corrected chi connectivity index (χ2v) is 9.40. The first-order valence-corrected chi connectivity index (χ1v) is 11.0. The number of hydrogen-bond donors (Lipinski definition) is 5. The van der Waals surface area contributed by atoms with Crippen LogP contribution in [0.4, 0.5) is 0 Å². The Morgan fingerprint density at radius 2 is 1.00 bits per heavy atom. The Morgan fingerprint density at radius 1 is 0.704 bits per heavy atom. The standard InChI is InChI=1S/C10H23N3O12P2/c14-10(15)7-11-1-3-12(8-26(20,22-16)23-17)5-6-13(4-2-11)9-27(21,24-18)25-19/h16-19H,1-9H2,(H,14,15). The lowest BCUT2D eigenvalue weighted by molar-refractivity contribution is -0.210. The number of carbonyl (C=O) groups is 1. The monoisotopic (exact) mass is 439 g/mol. The zero-order valence-electron chi connectivity index (χ0n) is 14.2. The molecule has 1 fully saturated rings. The number of nitrogens with zero attached hydrogens (tertiary/aromatic N) is 3. The van der Waals surface area contributed by atoms with Gasteiger partial charge in [-0.25, -0.2) is 21.0 Å². The van der Waals surface area contributed by atoms with Gasteiger partial charge in [0.15, 0.2) is 0 Å². The third kappa shape index (κ3) is 8.58. The minimum atomic E-state index is -4.22. The predicted molar refractivity (Wildman–Crippen MR) is 87.0 cm³/mol. The van der Waals surface area contributed by atoms with E-state index >= 15 is 0 Å². The molecule has 0 radical (unpaired) electrons. The van der Waals surface area contributed by atoms with Crippen molar-refractivity contribution in [2.75, 3.05) is 58.4 Å². The maximum absolute atomic E-state index is 11.9. The Bertz CT molecular complexity index is 510. The van der Waals surface area contributed by atoms with Crippen molar-refractivity contribution in [3.8, 4) is 0 Å². The van der Waals surface area contributed by atoms with Crippen molar-refractivity contribution in [1.29, 1.82) is 0 Å². The fourth-order valence-electron chi connectivity index (χ4n) is 2.44. The van der Waals surface area contributed by atoms with E-state index in [0.29, 0.717) is 0 Å². The Kier molecular flexibility index (Phi) is 10.4. The van der Waals surface area contributed by atoms with Crippen LogP contribution in [0.3, 0.4) is 0 Å². The second kappa shape index (κ2) is 11.5. The Hall–Kier alpha value is -0.510. The molecule has 160 valence electrons. The van der Waals surface area contributed by atoms with Crippen molar-refractivity contribution < 1.29 is 58.8 Å². The SMILES string of the molecule is O=C(O)CN1CCN(CP(=O)(OO)OO)CCN(CP(=O)(OO)OO)CC1. The molecule has 0 aromatic carbocycles. The van der Waals surface area contributed by atoms with Gasteiger partial charge in [0.25, 0.3) is 0 Å². The topological polar surface area (TPSA) is 199 Å². The van der Waals surface area contributed by atoms with Crippen LogP contribution in [0.2, 0.25) is 0 Å². The van der Waals surface area contributed by atoms with Crippen LogP contribution in [0.1, 0.15) is 0 Å². The molecule has 0 spiro atoms. The lowest BCUT2D eigenvalue weighted by Crippen LogP contribution is -2.39. The molecule has 15 nitrogen and oxygen atoms in total. The minimum Gasteiger partial charge on any atom is -0.480 e. The molecule has 0 bridgehead atoms. The van der Waals surface area contributed by atoms with Crippen LogP contribution >= 0.6 is 15.2 Å². The van der Waals surface area contributed by atoms with Crippen LogP contribution in [0.15, 0.2) is 0 Å². The molecule has 27 heavy (non-hydrogen) atoms. The molecular formula is C10H23N3O12P2. The quantitative estimate of drug-likeness (QED) is 0.176. The van der Waals surface area contributed by atoms with Gasteiger partial charge in [-0.1, -0.05) is 0 Å². The summed E-state index contributed by atoms with van der Waals surface area (Å²) in [5.41, 5.74) is 0. The summed E-state index contributed by atoms with van der Waals surface area (Å²) in [6.07, 6.45) is -1.03. The van der Waals surface area contributed by atoms with Crippen molar-refractivity contribution in [2.45, 2.75) is 0 Å². The molecular weight excluding hydrogens is 416 g/mol. The summed E-state index contributed by atoms with van der Waals surface area (Å²) in [5, 5.41) is 43.5. The summed E-state index contributed by atoms with van der Waals surface area (Å²) >= 11 is 0. The van der Waals surface area contributed by atoms with E-state index in [1.807, 2.05) is 0 Å². The Labute approximate surface area is 154 Å². The highest BCUT2D eigenvalue weighted by molar-refractivity contribution is 7.53. The number of carboxylic acid groups (broad SMARTS) is 1. The summed E-state index contributed by atoms with van der Waals surface area (Å²) in [7, 11) is -8.43. The molecule has 17 heteroatoms. The summed E-state index contributed by atoms with van der Waals surface area (Å²) < 4.78 is 38.6. The predicted octanol–water partition coefficient (Wildman–Crippen LogP) is 0.250. The van der Waals surface area contributed by atoms with Gasteiger partial charge in [-0.2, -0.15) is 0 Å². The van der Waals surface area contributed by atoms with Crippen LogP contribution < -0.4 is 0 Å². The molecule has 1 aliphatic heterocycles. The van der Waals surface area contributed by atoms with Gasteiger partial charge in [0.2, 0.25) is 0 Å². The average molecular weight is 439 g/mol. The van der Waals surface area contributed by atoms with Gasteiger partial charge in [0, 0.05) is 39.3 Å². The molecule has 1 heterocycles. The number of rotatable bonds is 10. The van der Waals surface area contributed by atoms with Gasteiger partial charge < -0.3 is 5.11 Å². The van der Waals surface area contributed by atoms with E-state index in [1.54, 1.807) is 0 Å².